The number of hydrogen-bond acceptors (Lipinski definition) is 13. The van der Waals surface area contributed by atoms with Gasteiger partial charge in [0.15, 0.2) is 0 Å². The maximum Gasteiger partial charge on any atom is 2.00 e. The van der Waals surface area contributed by atoms with Crippen LogP contribution in [0.2, 0.25) is 0 Å². The van der Waals surface area contributed by atoms with Crippen molar-refractivity contribution in [3.63, 3.8) is 0 Å². The first-order valence-corrected chi connectivity index (χ1v) is 29.4. The van der Waals surface area contributed by atoms with Gasteiger partial charge in [0, 0.05) is 43.2 Å². The van der Waals surface area contributed by atoms with E-state index in [1.54, 1.807) is 0 Å². The summed E-state index contributed by atoms with van der Waals surface area (Å²) in [4.78, 5) is 89.5. The number of likely N-dealkylation sites (tertiary alicyclic amines) is 1. The molecule has 1 amide bonds. The van der Waals surface area contributed by atoms with E-state index in [0.29, 0.717) is 13.0 Å². The molecule has 0 aliphatic carbocycles. The normalized spacial score (nSPS) is 13.6. The molecule has 1 aliphatic heterocycles. The first-order valence-electron chi connectivity index (χ1n) is 29.4. The van der Waals surface area contributed by atoms with Gasteiger partial charge in [-0.25, -0.2) is 0 Å². The van der Waals surface area contributed by atoms with Crippen LogP contribution in [0.15, 0.2) is 0 Å². The zero-order valence-corrected chi connectivity index (χ0v) is 52.8. The van der Waals surface area contributed by atoms with Crippen LogP contribution in [-0.4, -0.2) is 98.9 Å². The fraction of sp³-hybridized carbons (Fsp3) is 0.864. The topological polar surface area (TPSA) is 178 Å². The summed E-state index contributed by atoms with van der Waals surface area (Å²) in [7, 11) is 0. The summed E-state index contributed by atoms with van der Waals surface area (Å²) in [5.41, 5.74) is 0. The first-order chi connectivity index (χ1) is 35.5. The molecule has 1 aliphatic rings. The number of hydrogen-bond donors (Lipinski definition) is 0. The van der Waals surface area contributed by atoms with Crippen LogP contribution < -0.4 is 0 Å². The van der Waals surface area contributed by atoms with Crippen LogP contribution in [0.1, 0.15) is 268 Å². The predicted octanol–water partition coefficient (Wildman–Crippen LogP) is 14.1. The van der Waals surface area contributed by atoms with Crippen molar-refractivity contribution < 1.29 is 93.1 Å². The molecule has 0 aromatic carbocycles. The van der Waals surface area contributed by atoms with Crippen molar-refractivity contribution >= 4 is 42.2 Å². The van der Waals surface area contributed by atoms with Crippen LogP contribution in [0.5, 0.6) is 0 Å². The van der Waals surface area contributed by atoms with Gasteiger partial charge in [-0.05, 0) is 32.1 Å². The van der Waals surface area contributed by atoms with Crippen LogP contribution in [0.4, 0.5) is 0 Å². The second-order valence-electron chi connectivity index (χ2n) is 18.8. The molecule has 1 fully saturated rings. The summed E-state index contributed by atoms with van der Waals surface area (Å²) in [6, 6.07) is -0.977. The standard InChI is InChI=1S/C52H90NO13.C3H7.2C2H6.U/c1-5-9-13-17-21-25-29-47(55)62-37-43(33-50(58)61-32-28-24-20-16-12-8-4)34-51(59)65-40-45-36-46(53(45)42-54)41-66-52(60)35-44(38-63-48(56)30-26-22-18-14-10-6-2)39-64-49(57)31-27-23-19-15-11-7-3;1-3-2;2*1-2;/h43-46H,5-41H2,1-4H3;1,3H2,2H3;2*1-2H3;/q2*-1;;;+2. The van der Waals surface area contributed by atoms with Crippen LogP contribution in [0, 0.1) is 49.9 Å². The Labute approximate surface area is 475 Å². The number of ether oxygens (including phenoxy) is 6. The van der Waals surface area contributed by atoms with Crippen molar-refractivity contribution in [2.45, 2.75) is 280 Å². The summed E-state index contributed by atoms with van der Waals surface area (Å²) in [6.45, 7) is 21.9. The molecule has 0 aromatic rings. The van der Waals surface area contributed by atoms with E-state index in [0.717, 1.165) is 135 Å². The van der Waals surface area contributed by atoms with Crippen molar-refractivity contribution in [2.75, 3.05) is 39.6 Å². The Hall–Kier alpha value is -2.66. The van der Waals surface area contributed by atoms with Gasteiger partial charge in [0.05, 0.1) is 45.7 Å². The van der Waals surface area contributed by atoms with E-state index in [-0.39, 0.29) is 121 Å². The SMILES string of the molecule is CC.CC.CCCCCCCCOC(=O)CC(COC(=O)CCCCCCCC)CC(=O)OCC1CC(COC(=O)CC(COC(=O)CCCCCCCC)COC(=O)CCCCCCCC)N1[C-]=O.[CH2-]CC.[U+2]. The Morgan fingerprint density at radius 1 is 0.432 bits per heavy atom. The monoisotopic (exact) mass is 1280 g/mol. The molecule has 0 saturated carbocycles. The zero-order chi connectivity index (χ0) is 55.2. The van der Waals surface area contributed by atoms with Crippen molar-refractivity contribution in [2.24, 2.45) is 11.8 Å². The number of carbonyl (C=O) groups is 6. The summed E-state index contributed by atoms with van der Waals surface area (Å²) in [6.07, 6.45) is 28.4. The van der Waals surface area contributed by atoms with Gasteiger partial charge in [-0.1, -0.05) is 191 Å². The smallest absolute Gasteiger partial charge is 0.520 e. The van der Waals surface area contributed by atoms with Gasteiger partial charge in [-0.15, -0.1) is 0 Å². The number of esters is 6. The molecule has 432 valence electrons. The van der Waals surface area contributed by atoms with Crippen molar-refractivity contribution in [1.82, 2.24) is 4.90 Å². The Balaban J connectivity index is -0.00000291. The van der Waals surface area contributed by atoms with Gasteiger partial charge in [0.2, 0.25) is 0 Å². The number of nitrogens with zero attached hydrogens (tertiary/aromatic N) is 1. The third kappa shape index (κ3) is 48.9. The van der Waals surface area contributed by atoms with E-state index in [2.05, 4.69) is 34.6 Å². The molecular formula is C59H109NO13U. The van der Waals surface area contributed by atoms with Gasteiger partial charge < -0.3 is 45.0 Å². The van der Waals surface area contributed by atoms with Gasteiger partial charge in [-0.2, -0.15) is 12.8 Å². The molecule has 3 unspecified atom stereocenters. The maximum absolute atomic E-state index is 13.0. The Kier molecular flexibility index (Phi) is 62.7. The van der Waals surface area contributed by atoms with Gasteiger partial charge in [-0.3, -0.25) is 28.8 Å². The first kappa shape index (κ1) is 77.8. The second kappa shape index (κ2) is 59.6. The van der Waals surface area contributed by atoms with Crippen LogP contribution in [0.25, 0.3) is 0 Å². The second-order valence-corrected chi connectivity index (χ2v) is 18.8. The molecule has 0 bridgehead atoms. The maximum atomic E-state index is 13.0. The Morgan fingerprint density at radius 2 is 0.716 bits per heavy atom. The van der Waals surface area contributed by atoms with Crippen molar-refractivity contribution in [3.05, 3.63) is 6.92 Å². The molecule has 15 heteroatoms. The fourth-order valence-electron chi connectivity index (χ4n) is 7.83. The number of carbonyl (C=O) groups excluding carboxylic acids is 7. The molecule has 3 atom stereocenters. The Morgan fingerprint density at radius 3 is 1.05 bits per heavy atom. The minimum atomic E-state index is -0.637. The molecular weight excluding hydrogens is 1170 g/mol. The molecule has 0 radical (unpaired) electrons. The van der Waals surface area contributed by atoms with Gasteiger partial charge in [0.25, 0.3) is 0 Å². The van der Waals surface area contributed by atoms with E-state index in [9.17, 15) is 33.6 Å². The fourth-order valence-corrected chi connectivity index (χ4v) is 7.83. The quantitative estimate of drug-likeness (QED) is 0.0244. The predicted molar refractivity (Wildman–Crippen MR) is 292 cm³/mol. The minimum absolute atomic E-state index is 0. The van der Waals surface area contributed by atoms with E-state index >= 15 is 0 Å². The molecule has 0 aromatic heterocycles. The number of rotatable bonds is 45. The molecule has 1 rings (SSSR count). The summed E-state index contributed by atoms with van der Waals surface area (Å²) < 4.78 is 33.0. The van der Waals surface area contributed by atoms with Crippen LogP contribution in [-0.2, 0) is 62.0 Å². The van der Waals surface area contributed by atoms with E-state index in [1.807, 2.05) is 41.0 Å². The van der Waals surface area contributed by atoms with E-state index in [4.69, 9.17) is 28.4 Å². The van der Waals surface area contributed by atoms with Crippen molar-refractivity contribution in [1.29, 1.82) is 0 Å². The van der Waals surface area contributed by atoms with E-state index < -0.39 is 41.8 Å². The summed E-state index contributed by atoms with van der Waals surface area (Å²) in [5, 5.41) is 0. The van der Waals surface area contributed by atoms with Gasteiger partial charge >= 0.3 is 66.9 Å². The Bertz CT molecular complexity index is 1300. The third-order valence-electron chi connectivity index (χ3n) is 12.1. The minimum Gasteiger partial charge on any atom is -0.520 e. The zero-order valence-electron chi connectivity index (χ0n) is 48.6. The molecule has 0 N–H and O–H groups in total. The summed E-state index contributed by atoms with van der Waals surface area (Å²) in [5.74, 6) is -4.00. The van der Waals surface area contributed by atoms with E-state index in [1.165, 1.54) is 30.6 Å². The number of unbranched alkanes of at least 4 members (excludes halogenated alkanes) is 20. The molecule has 1 heterocycles. The molecule has 1 saturated heterocycles. The van der Waals surface area contributed by atoms with Gasteiger partial charge in [0.1, 0.15) is 13.2 Å². The van der Waals surface area contributed by atoms with Crippen LogP contribution >= 0.6 is 0 Å². The average Bonchev–Trinajstić information content (AvgIpc) is 3.37. The number of amides is 1. The molecule has 0 spiro atoms. The largest absolute Gasteiger partial charge is 2.00 e. The average molecular weight is 1280 g/mol. The summed E-state index contributed by atoms with van der Waals surface area (Å²) >= 11 is 0. The third-order valence-corrected chi connectivity index (χ3v) is 12.1. The van der Waals surface area contributed by atoms with Crippen LogP contribution in [0.3, 0.4) is 0 Å². The molecule has 14 nitrogen and oxygen atoms in total. The molecule has 74 heavy (non-hydrogen) atoms. The van der Waals surface area contributed by atoms with Crippen molar-refractivity contribution in [3.8, 4) is 0 Å².